The van der Waals surface area contributed by atoms with E-state index in [1.807, 2.05) is 37.3 Å². The number of aromatic nitrogens is 1. The van der Waals surface area contributed by atoms with Gasteiger partial charge < -0.3 is 4.42 Å². The molecule has 0 saturated heterocycles. The van der Waals surface area contributed by atoms with Gasteiger partial charge in [0, 0.05) is 18.5 Å². The van der Waals surface area contributed by atoms with Gasteiger partial charge in [-0.1, -0.05) is 18.2 Å². The molecular weight excluding hydrogens is 300 g/mol. The van der Waals surface area contributed by atoms with Crippen molar-refractivity contribution >= 4 is 10.0 Å². The molecule has 3 rings (SSSR count). The van der Waals surface area contributed by atoms with Crippen LogP contribution in [0.3, 0.4) is 0 Å². The Morgan fingerprint density at radius 2 is 1.95 bits per heavy atom. The zero-order valence-corrected chi connectivity index (χ0v) is 13.6. The lowest BCUT2D eigenvalue weighted by Crippen LogP contribution is -2.35. The maximum Gasteiger partial charge on any atom is 0.226 e. The lowest BCUT2D eigenvalue weighted by atomic mass is 10.2. The van der Waals surface area contributed by atoms with Crippen molar-refractivity contribution in [1.82, 2.24) is 9.71 Å². The number of nitrogens with one attached hydrogen (secondary N) is 1. The van der Waals surface area contributed by atoms with Crippen LogP contribution in [0.25, 0.3) is 11.5 Å². The van der Waals surface area contributed by atoms with E-state index in [1.54, 1.807) is 6.92 Å². The maximum absolute atomic E-state index is 12.1. The largest absolute Gasteiger partial charge is 0.441 e. The van der Waals surface area contributed by atoms with E-state index >= 15 is 0 Å². The van der Waals surface area contributed by atoms with E-state index in [-0.39, 0.29) is 0 Å². The van der Waals surface area contributed by atoms with E-state index in [1.165, 1.54) is 0 Å². The number of oxazole rings is 1. The second-order valence-electron chi connectivity index (χ2n) is 5.99. The van der Waals surface area contributed by atoms with Gasteiger partial charge in [-0.15, -0.1) is 0 Å². The summed E-state index contributed by atoms with van der Waals surface area (Å²) >= 11 is 0. The number of sulfonamides is 1. The van der Waals surface area contributed by atoms with Crippen molar-refractivity contribution in [2.75, 3.05) is 6.54 Å². The van der Waals surface area contributed by atoms with Gasteiger partial charge in [-0.25, -0.2) is 18.1 Å². The first-order valence-corrected chi connectivity index (χ1v) is 8.91. The number of benzene rings is 1. The van der Waals surface area contributed by atoms with Crippen molar-refractivity contribution in [3.63, 3.8) is 0 Å². The molecule has 0 spiro atoms. The summed E-state index contributed by atoms with van der Waals surface area (Å²) in [6, 6.07) is 9.67. The van der Waals surface area contributed by atoms with Gasteiger partial charge in [0.1, 0.15) is 5.76 Å². The standard InChI is InChI=1S/C16H20N2O3S/c1-12-14(8-11-17-22(19,20)16(2)9-10-16)18-15(21-12)13-6-4-3-5-7-13/h3-7,17H,8-11H2,1-2H3. The van der Waals surface area contributed by atoms with Gasteiger partial charge >= 0.3 is 0 Å². The fraction of sp³-hybridized carbons (Fsp3) is 0.438. The molecule has 1 saturated carbocycles. The fourth-order valence-corrected chi connectivity index (χ4v) is 3.65. The van der Waals surface area contributed by atoms with Crippen LogP contribution >= 0.6 is 0 Å². The predicted molar refractivity (Wildman–Crippen MR) is 84.9 cm³/mol. The lowest BCUT2D eigenvalue weighted by molar-refractivity contribution is 0.538. The van der Waals surface area contributed by atoms with Crippen molar-refractivity contribution in [3.8, 4) is 11.5 Å². The highest BCUT2D eigenvalue weighted by Gasteiger charge is 2.49. The Morgan fingerprint density at radius 3 is 2.59 bits per heavy atom. The molecule has 118 valence electrons. The van der Waals surface area contributed by atoms with Gasteiger partial charge in [-0.2, -0.15) is 0 Å². The molecule has 1 aliphatic carbocycles. The first-order valence-electron chi connectivity index (χ1n) is 7.42. The molecule has 0 aliphatic heterocycles. The van der Waals surface area contributed by atoms with Crippen LogP contribution in [0.15, 0.2) is 34.7 Å². The minimum absolute atomic E-state index is 0.347. The molecule has 0 radical (unpaired) electrons. The highest BCUT2D eigenvalue weighted by atomic mass is 32.2. The van der Waals surface area contributed by atoms with E-state index in [4.69, 9.17) is 4.42 Å². The summed E-state index contributed by atoms with van der Waals surface area (Å²) in [6.45, 7) is 3.98. The number of aryl methyl sites for hydroxylation is 1. The third kappa shape index (κ3) is 2.94. The molecule has 1 aromatic carbocycles. The summed E-state index contributed by atoms with van der Waals surface area (Å²) in [5, 5.41) is 0. The number of rotatable bonds is 6. The molecular formula is C16H20N2O3S. The Morgan fingerprint density at radius 1 is 1.27 bits per heavy atom. The molecule has 6 heteroatoms. The average molecular weight is 320 g/mol. The monoisotopic (exact) mass is 320 g/mol. The van der Waals surface area contributed by atoms with Crippen LogP contribution in [0.5, 0.6) is 0 Å². The van der Waals surface area contributed by atoms with E-state index in [0.29, 0.717) is 18.9 Å². The molecule has 1 heterocycles. The minimum atomic E-state index is -3.22. The van der Waals surface area contributed by atoms with Crippen molar-refractivity contribution in [3.05, 3.63) is 41.8 Å². The molecule has 1 N–H and O–H groups in total. The van der Waals surface area contributed by atoms with E-state index < -0.39 is 14.8 Å². The predicted octanol–water partition coefficient (Wildman–Crippen LogP) is 2.66. The second kappa shape index (κ2) is 5.52. The molecule has 2 aromatic rings. The highest BCUT2D eigenvalue weighted by molar-refractivity contribution is 7.91. The Kier molecular flexibility index (Phi) is 3.82. The van der Waals surface area contributed by atoms with Crippen molar-refractivity contribution in [1.29, 1.82) is 0 Å². The quantitative estimate of drug-likeness (QED) is 0.888. The van der Waals surface area contributed by atoms with Gasteiger partial charge in [0.2, 0.25) is 15.9 Å². The first-order chi connectivity index (χ1) is 10.4. The van der Waals surface area contributed by atoms with Crippen LogP contribution in [-0.2, 0) is 16.4 Å². The number of hydrogen-bond donors (Lipinski definition) is 1. The lowest BCUT2D eigenvalue weighted by Gasteiger charge is -2.11. The molecule has 1 aliphatic rings. The SMILES string of the molecule is Cc1oc(-c2ccccc2)nc1CCNS(=O)(=O)C1(C)CC1. The van der Waals surface area contributed by atoms with Crippen LogP contribution < -0.4 is 4.72 Å². The van der Waals surface area contributed by atoms with Crippen LogP contribution in [0.1, 0.15) is 31.2 Å². The topological polar surface area (TPSA) is 72.2 Å². The average Bonchev–Trinajstić information content (AvgIpc) is 3.15. The number of nitrogens with zero attached hydrogens (tertiary/aromatic N) is 1. The van der Waals surface area contributed by atoms with Gasteiger partial charge in [0.15, 0.2) is 0 Å². The summed E-state index contributed by atoms with van der Waals surface area (Å²) in [5.74, 6) is 1.31. The third-order valence-corrected chi connectivity index (χ3v) is 6.46. The summed E-state index contributed by atoms with van der Waals surface area (Å²) in [5.41, 5.74) is 1.71. The van der Waals surface area contributed by atoms with Gasteiger partial charge in [-0.05, 0) is 38.8 Å². The molecule has 0 unspecified atom stereocenters. The molecule has 0 bridgehead atoms. The smallest absolute Gasteiger partial charge is 0.226 e. The summed E-state index contributed by atoms with van der Waals surface area (Å²) in [4.78, 5) is 4.48. The fourth-order valence-electron chi connectivity index (χ4n) is 2.29. The first kappa shape index (κ1) is 15.2. The van der Waals surface area contributed by atoms with Crippen LogP contribution in [0.2, 0.25) is 0 Å². The van der Waals surface area contributed by atoms with Crippen molar-refractivity contribution in [2.24, 2.45) is 0 Å². The van der Waals surface area contributed by atoms with Crippen LogP contribution in [0.4, 0.5) is 0 Å². The van der Waals surface area contributed by atoms with E-state index in [0.717, 1.165) is 29.9 Å². The molecule has 22 heavy (non-hydrogen) atoms. The van der Waals surface area contributed by atoms with Crippen LogP contribution in [0, 0.1) is 6.92 Å². The Bertz CT molecular complexity index is 762. The van der Waals surface area contributed by atoms with Crippen molar-refractivity contribution < 1.29 is 12.8 Å². The third-order valence-electron chi connectivity index (χ3n) is 4.17. The maximum atomic E-state index is 12.1. The normalized spacial score (nSPS) is 16.6. The highest BCUT2D eigenvalue weighted by Crippen LogP contribution is 2.42. The zero-order chi connectivity index (χ0) is 15.8. The van der Waals surface area contributed by atoms with Crippen molar-refractivity contribution in [2.45, 2.75) is 37.9 Å². The molecule has 1 fully saturated rings. The molecule has 0 atom stereocenters. The van der Waals surface area contributed by atoms with Gasteiger partial charge in [0.05, 0.1) is 10.4 Å². The molecule has 0 amide bonds. The van der Waals surface area contributed by atoms with Gasteiger partial charge in [-0.3, -0.25) is 0 Å². The zero-order valence-electron chi connectivity index (χ0n) is 12.8. The minimum Gasteiger partial charge on any atom is -0.441 e. The second-order valence-corrected chi connectivity index (χ2v) is 8.27. The number of hydrogen-bond acceptors (Lipinski definition) is 4. The summed E-state index contributed by atoms with van der Waals surface area (Å²) in [7, 11) is -3.22. The Labute approximate surface area is 130 Å². The van der Waals surface area contributed by atoms with Gasteiger partial charge in [0.25, 0.3) is 0 Å². The summed E-state index contributed by atoms with van der Waals surface area (Å²) < 4.78 is 31.9. The Balaban J connectivity index is 1.65. The van der Waals surface area contributed by atoms with Crippen LogP contribution in [-0.4, -0.2) is 24.7 Å². The Hall–Kier alpha value is -1.66. The van der Waals surface area contributed by atoms with E-state index in [9.17, 15) is 8.42 Å². The van der Waals surface area contributed by atoms with E-state index in [2.05, 4.69) is 9.71 Å². The summed E-state index contributed by atoms with van der Waals surface area (Å²) in [6.07, 6.45) is 2.00. The molecule has 5 nitrogen and oxygen atoms in total. The molecule has 1 aromatic heterocycles.